The second kappa shape index (κ2) is 2.70. The molecule has 0 radical (unpaired) electrons. The Balaban J connectivity index is 2.57. The zero-order valence-corrected chi connectivity index (χ0v) is 6.98. The average Bonchev–Trinajstić information content (AvgIpc) is 1.82. The van der Waals surface area contributed by atoms with Gasteiger partial charge in [0.25, 0.3) is 0 Å². The van der Waals surface area contributed by atoms with Gasteiger partial charge in [0.15, 0.2) is 5.78 Å². The van der Waals surface area contributed by atoms with Crippen molar-refractivity contribution < 1.29 is 9.69 Å². The zero-order chi connectivity index (χ0) is 7.72. The van der Waals surface area contributed by atoms with Crippen LogP contribution in [0.5, 0.6) is 0 Å². The molecule has 0 aliphatic carbocycles. The maximum Gasteiger partial charge on any atom is 0.187 e. The van der Waals surface area contributed by atoms with Gasteiger partial charge in [0, 0.05) is 12.3 Å². The molecule has 2 heteroatoms. The lowest BCUT2D eigenvalue weighted by Gasteiger charge is -2.30. The van der Waals surface area contributed by atoms with Crippen molar-refractivity contribution in [1.29, 1.82) is 0 Å². The average molecular weight is 142 g/mol. The first-order valence-electron chi connectivity index (χ1n) is 3.95. The fraction of sp³-hybridized carbons (Fsp3) is 0.875. The van der Waals surface area contributed by atoms with Gasteiger partial charge in [-0.15, -0.1) is 0 Å². The normalized spacial score (nSPS) is 41.9. The number of carbonyl (C=O) groups is 1. The predicted octanol–water partition coefficient (Wildman–Crippen LogP) is -0.501. The van der Waals surface area contributed by atoms with Gasteiger partial charge in [-0.1, -0.05) is 6.92 Å². The van der Waals surface area contributed by atoms with Crippen molar-refractivity contribution in [3.63, 3.8) is 0 Å². The minimum atomic E-state index is 0.420. The number of likely N-dealkylation sites (N-methyl/N-ethyl adjacent to an activating group) is 1. The summed E-state index contributed by atoms with van der Waals surface area (Å²) < 4.78 is 0. The van der Waals surface area contributed by atoms with Crippen molar-refractivity contribution in [2.24, 2.45) is 5.92 Å². The Morgan fingerprint density at radius 2 is 2.10 bits per heavy atom. The number of quaternary nitrogens is 1. The second-order valence-electron chi connectivity index (χ2n) is 3.53. The third kappa shape index (κ3) is 1.37. The molecule has 1 aliphatic rings. The van der Waals surface area contributed by atoms with E-state index in [4.69, 9.17) is 0 Å². The zero-order valence-electron chi connectivity index (χ0n) is 6.98. The Labute approximate surface area is 62.2 Å². The van der Waals surface area contributed by atoms with Crippen molar-refractivity contribution in [3.8, 4) is 0 Å². The highest BCUT2D eigenvalue weighted by atomic mass is 16.1. The van der Waals surface area contributed by atoms with Crippen LogP contribution in [-0.2, 0) is 4.79 Å². The maximum atomic E-state index is 11.0. The molecule has 0 bridgehead atoms. The molecule has 0 saturated carbocycles. The third-order valence-corrected chi connectivity index (χ3v) is 2.66. The van der Waals surface area contributed by atoms with Crippen LogP contribution in [0.2, 0.25) is 0 Å². The van der Waals surface area contributed by atoms with E-state index in [2.05, 4.69) is 20.9 Å². The van der Waals surface area contributed by atoms with Crippen LogP contribution in [-0.4, -0.2) is 25.4 Å². The minimum Gasteiger partial charge on any atom is -0.329 e. The van der Waals surface area contributed by atoms with Gasteiger partial charge in [0.2, 0.25) is 0 Å². The van der Waals surface area contributed by atoms with Crippen LogP contribution >= 0.6 is 0 Å². The van der Waals surface area contributed by atoms with Crippen LogP contribution in [0.15, 0.2) is 0 Å². The smallest absolute Gasteiger partial charge is 0.187 e. The summed E-state index contributed by atoms with van der Waals surface area (Å²) in [6, 6.07) is 0.651. The summed E-state index contributed by atoms with van der Waals surface area (Å²) in [5.74, 6) is 0.990. The van der Waals surface area contributed by atoms with E-state index in [1.165, 1.54) is 4.90 Å². The number of ketones is 1. The van der Waals surface area contributed by atoms with E-state index in [1.54, 1.807) is 0 Å². The molecule has 1 unspecified atom stereocenters. The summed E-state index contributed by atoms with van der Waals surface area (Å²) >= 11 is 0. The van der Waals surface area contributed by atoms with Crippen molar-refractivity contribution in [3.05, 3.63) is 0 Å². The number of hydrogen-bond acceptors (Lipinski definition) is 1. The lowest BCUT2D eigenvalue weighted by Crippen LogP contribution is -3.15. The van der Waals surface area contributed by atoms with Gasteiger partial charge in [-0.3, -0.25) is 4.79 Å². The topological polar surface area (TPSA) is 21.5 Å². The van der Waals surface area contributed by atoms with Gasteiger partial charge < -0.3 is 4.90 Å². The standard InChI is InChI=1S/C8H15NO/c1-6-4-8(10)5-9(3)7(6)2/h6-7H,4-5H2,1-3H3/p+1/t6-,7-/m1/s1. The SMILES string of the molecule is C[C@@H]1CC(=O)C[NH+](C)[C@@H]1C. The van der Waals surface area contributed by atoms with Crippen LogP contribution in [0, 0.1) is 5.92 Å². The first-order valence-corrected chi connectivity index (χ1v) is 3.95. The van der Waals surface area contributed by atoms with Crippen LogP contribution in [0.25, 0.3) is 0 Å². The van der Waals surface area contributed by atoms with Crippen molar-refractivity contribution in [2.45, 2.75) is 26.3 Å². The van der Waals surface area contributed by atoms with Gasteiger partial charge in [-0.05, 0) is 6.92 Å². The molecule has 10 heavy (non-hydrogen) atoms. The lowest BCUT2D eigenvalue weighted by atomic mass is 9.92. The van der Waals surface area contributed by atoms with Gasteiger partial charge in [-0.25, -0.2) is 0 Å². The molecule has 0 spiro atoms. The largest absolute Gasteiger partial charge is 0.329 e. The van der Waals surface area contributed by atoms with Crippen LogP contribution in [0.1, 0.15) is 20.3 Å². The molecular weight excluding hydrogens is 126 g/mol. The van der Waals surface area contributed by atoms with Gasteiger partial charge >= 0.3 is 0 Å². The van der Waals surface area contributed by atoms with E-state index < -0.39 is 0 Å². The lowest BCUT2D eigenvalue weighted by molar-refractivity contribution is -0.903. The number of rotatable bonds is 0. The summed E-state index contributed by atoms with van der Waals surface area (Å²) in [7, 11) is 2.10. The van der Waals surface area contributed by atoms with Gasteiger partial charge in [0.05, 0.1) is 13.1 Å². The molecule has 1 heterocycles. The Morgan fingerprint density at radius 3 is 2.60 bits per heavy atom. The predicted molar refractivity (Wildman–Crippen MR) is 40.0 cm³/mol. The summed E-state index contributed by atoms with van der Waals surface area (Å²) in [6.45, 7) is 5.10. The molecule has 0 aromatic rings. The summed E-state index contributed by atoms with van der Waals surface area (Å²) in [4.78, 5) is 12.4. The Hall–Kier alpha value is -0.370. The quantitative estimate of drug-likeness (QED) is 0.484. The highest BCUT2D eigenvalue weighted by molar-refractivity contribution is 5.80. The second-order valence-corrected chi connectivity index (χ2v) is 3.53. The summed E-state index contributed by atoms with van der Waals surface area (Å²) in [5.41, 5.74) is 0. The molecule has 1 N–H and O–H groups in total. The first kappa shape index (κ1) is 7.73. The monoisotopic (exact) mass is 142 g/mol. The molecule has 1 fully saturated rings. The molecule has 0 aromatic heterocycles. The molecule has 1 rings (SSSR count). The molecule has 0 amide bonds. The maximum absolute atomic E-state index is 11.0. The molecular formula is C8H16NO+. The van der Waals surface area contributed by atoms with E-state index in [-0.39, 0.29) is 0 Å². The molecule has 3 atom stereocenters. The Bertz CT molecular complexity index is 130. The van der Waals surface area contributed by atoms with E-state index >= 15 is 0 Å². The Kier molecular flexibility index (Phi) is 2.09. The summed E-state index contributed by atoms with van der Waals surface area (Å²) in [5, 5.41) is 0. The van der Waals surface area contributed by atoms with Crippen molar-refractivity contribution in [1.82, 2.24) is 0 Å². The minimum absolute atomic E-state index is 0.420. The number of carbonyl (C=O) groups excluding carboxylic acids is 1. The van der Waals surface area contributed by atoms with E-state index in [9.17, 15) is 4.79 Å². The molecule has 1 aliphatic heterocycles. The fourth-order valence-electron chi connectivity index (χ4n) is 1.57. The molecule has 58 valence electrons. The van der Waals surface area contributed by atoms with E-state index in [0.29, 0.717) is 17.7 Å². The van der Waals surface area contributed by atoms with E-state index in [1.807, 2.05) is 0 Å². The highest BCUT2D eigenvalue weighted by Crippen LogP contribution is 2.08. The number of likely N-dealkylation sites (tertiary alicyclic amines) is 1. The fourth-order valence-corrected chi connectivity index (χ4v) is 1.57. The van der Waals surface area contributed by atoms with E-state index in [0.717, 1.165) is 13.0 Å². The van der Waals surface area contributed by atoms with Crippen molar-refractivity contribution in [2.75, 3.05) is 13.6 Å². The Morgan fingerprint density at radius 1 is 1.50 bits per heavy atom. The van der Waals surface area contributed by atoms with Crippen LogP contribution < -0.4 is 4.90 Å². The molecule has 2 nitrogen and oxygen atoms in total. The molecule has 1 saturated heterocycles. The van der Waals surface area contributed by atoms with Gasteiger partial charge in [0.1, 0.15) is 6.54 Å². The number of Topliss-reactive ketones (excluding diaryl/α,β-unsaturated/α-hetero) is 1. The molecule has 0 aromatic carbocycles. The summed E-state index contributed by atoms with van der Waals surface area (Å²) in [6.07, 6.45) is 0.790. The van der Waals surface area contributed by atoms with Gasteiger partial charge in [-0.2, -0.15) is 0 Å². The third-order valence-electron chi connectivity index (χ3n) is 2.66. The van der Waals surface area contributed by atoms with Crippen LogP contribution in [0.3, 0.4) is 0 Å². The van der Waals surface area contributed by atoms with Crippen molar-refractivity contribution >= 4 is 5.78 Å². The number of hydrogen-bond donors (Lipinski definition) is 1. The number of piperidine rings is 1. The number of nitrogens with one attached hydrogen (secondary N) is 1. The first-order chi connectivity index (χ1) is 4.61. The van der Waals surface area contributed by atoms with Crippen LogP contribution in [0.4, 0.5) is 0 Å². The highest BCUT2D eigenvalue weighted by Gasteiger charge is 2.29.